The Hall–Kier alpha value is -3.48. The van der Waals surface area contributed by atoms with Crippen LogP contribution in [-0.4, -0.2) is 54.1 Å². The van der Waals surface area contributed by atoms with Crippen LogP contribution in [0.1, 0.15) is 16.1 Å². The molecule has 7 heteroatoms. The monoisotopic (exact) mass is 406 g/mol. The van der Waals surface area contributed by atoms with Gasteiger partial charge in [0.2, 0.25) is 0 Å². The molecular formula is C23H23FN4O2. The van der Waals surface area contributed by atoms with Gasteiger partial charge in [-0.3, -0.25) is 4.79 Å². The van der Waals surface area contributed by atoms with Gasteiger partial charge in [0.15, 0.2) is 5.82 Å². The number of aryl methyl sites for hydroxylation is 1. The summed E-state index contributed by atoms with van der Waals surface area (Å²) in [5, 5.41) is 0. The van der Waals surface area contributed by atoms with Gasteiger partial charge in [0.1, 0.15) is 17.4 Å². The van der Waals surface area contributed by atoms with Crippen LogP contribution >= 0.6 is 0 Å². The molecule has 1 saturated heterocycles. The first-order chi connectivity index (χ1) is 14.5. The maximum Gasteiger partial charge on any atom is 0.254 e. The number of halogens is 1. The molecule has 6 nitrogen and oxygen atoms in total. The fourth-order valence-electron chi connectivity index (χ4n) is 3.55. The topological polar surface area (TPSA) is 58.6 Å². The Morgan fingerprint density at radius 2 is 1.77 bits per heavy atom. The number of piperazine rings is 1. The van der Waals surface area contributed by atoms with Crippen molar-refractivity contribution < 1.29 is 13.9 Å². The zero-order chi connectivity index (χ0) is 21.1. The highest BCUT2D eigenvalue weighted by molar-refractivity contribution is 5.94. The Balaban J connectivity index is 1.48. The number of ether oxygens (including phenoxy) is 1. The third-order valence-corrected chi connectivity index (χ3v) is 5.13. The SMILES string of the molecule is COc1cccc(C(=O)N2CCN(c3cc(C)nc(-c4cccc(F)c4)n3)CC2)c1. The number of carbonyl (C=O) groups excluding carboxylic acids is 1. The number of aromatic nitrogens is 2. The molecule has 30 heavy (non-hydrogen) atoms. The Bertz CT molecular complexity index is 1060. The number of carbonyl (C=O) groups is 1. The van der Waals surface area contributed by atoms with Crippen molar-refractivity contribution in [1.82, 2.24) is 14.9 Å². The summed E-state index contributed by atoms with van der Waals surface area (Å²) in [6.45, 7) is 4.41. The third-order valence-electron chi connectivity index (χ3n) is 5.13. The van der Waals surface area contributed by atoms with Gasteiger partial charge in [-0.05, 0) is 37.3 Å². The van der Waals surface area contributed by atoms with Gasteiger partial charge in [0.25, 0.3) is 5.91 Å². The van der Waals surface area contributed by atoms with Gasteiger partial charge in [-0.15, -0.1) is 0 Å². The molecule has 154 valence electrons. The van der Waals surface area contributed by atoms with E-state index in [0.717, 1.165) is 11.5 Å². The molecule has 1 aliphatic rings. The average Bonchev–Trinajstić information content (AvgIpc) is 2.78. The largest absolute Gasteiger partial charge is 0.497 e. The van der Waals surface area contributed by atoms with E-state index in [1.165, 1.54) is 12.1 Å². The second-order valence-corrected chi connectivity index (χ2v) is 7.21. The molecule has 0 unspecified atom stereocenters. The van der Waals surface area contributed by atoms with Crippen molar-refractivity contribution in [3.05, 3.63) is 71.7 Å². The summed E-state index contributed by atoms with van der Waals surface area (Å²) < 4.78 is 18.8. The fourth-order valence-corrected chi connectivity index (χ4v) is 3.55. The Morgan fingerprint density at radius 1 is 1.00 bits per heavy atom. The van der Waals surface area contributed by atoms with E-state index in [2.05, 4.69) is 14.9 Å². The molecule has 1 aromatic heterocycles. The lowest BCUT2D eigenvalue weighted by molar-refractivity contribution is 0.0746. The minimum Gasteiger partial charge on any atom is -0.497 e. The molecule has 0 radical (unpaired) electrons. The Labute approximate surface area is 174 Å². The quantitative estimate of drug-likeness (QED) is 0.663. The highest BCUT2D eigenvalue weighted by Crippen LogP contribution is 2.22. The summed E-state index contributed by atoms with van der Waals surface area (Å²) in [4.78, 5) is 25.9. The number of hydrogen-bond donors (Lipinski definition) is 0. The summed E-state index contributed by atoms with van der Waals surface area (Å²) in [5.74, 6) is 1.63. The maximum atomic E-state index is 13.6. The molecule has 4 rings (SSSR count). The highest BCUT2D eigenvalue weighted by atomic mass is 19.1. The first-order valence-corrected chi connectivity index (χ1v) is 9.83. The van der Waals surface area contributed by atoms with Crippen LogP contribution in [0.2, 0.25) is 0 Å². The van der Waals surface area contributed by atoms with Crippen molar-refractivity contribution in [1.29, 1.82) is 0 Å². The number of methoxy groups -OCH3 is 1. The predicted molar refractivity (Wildman–Crippen MR) is 113 cm³/mol. The van der Waals surface area contributed by atoms with Gasteiger partial charge in [-0.1, -0.05) is 18.2 Å². The molecular weight excluding hydrogens is 383 g/mol. The lowest BCUT2D eigenvalue weighted by Crippen LogP contribution is -2.49. The zero-order valence-corrected chi connectivity index (χ0v) is 17.0. The van der Waals surface area contributed by atoms with Crippen LogP contribution in [0.4, 0.5) is 10.2 Å². The van der Waals surface area contributed by atoms with E-state index in [4.69, 9.17) is 4.74 Å². The highest BCUT2D eigenvalue weighted by Gasteiger charge is 2.23. The number of benzene rings is 2. The molecule has 0 spiro atoms. The molecule has 0 atom stereocenters. The first kappa shape index (κ1) is 19.8. The van der Waals surface area contributed by atoms with Crippen LogP contribution in [0.15, 0.2) is 54.6 Å². The van der Waals surface area contributed by atoms with Crippen molar-refractivity contribution in [2.75, 3.05) is 38.2 Å². The van der Waals surface area contributed by atoms with Crippen LogP contribution in [0.25, 0.3) is 11.4 Å². The van der Waals surface area contributed by atoms with E-state index in [1.54, 1.807) is 31.4 Å². The molecule has 2 aromatic carbocycles. The van der Waals surface area contributed by atoms with E-state index < -0.39 is 0 Å². The van der Waals surface area contributed by atoms with Crippen molar-refractivity contribution >= 4 is 11.7 Å². The second kappa shape index (κ2) is 8.49. The number of hydrogen-bond acceptors (Lipinski definition) is 5. The van der Waals surface area contributed by atoms with Crippen molar-refractivity contribution in [2.45, 2.75) is 6.92 Å². The lowest BCUT2D eigenvalue weighted by atomic mass is 10.1. The van der Waals surface area contributed by atoms with Crippen LogP contribution < -0.4 is 9.64 Å². The standard InChI is InChI=1S/C23H23FN4O2/c1-16-13-21(26-22(25-16)17-5-3-7-19(24)14-17)27-9-11-28(12-10-27)23(29)18-6-4-8-20(15-18)30-2/h3-8,13-15H,9-12H2,1-2H3. The summed E-state index contributed by atoms with van der Waals surface area (Å²) in [5.41, 5.74) is 2.08. The van der Waals surface area contributed by atoms with Crippen molar-refractivity contribution in [3.8, 4) is 17.1 Å². The first-order valence-electron chi connectivity index (χ1n) is 9.83. The number of rotatable bonds is 4. The number of nitrogens with zero attached hydrogens (tertiary/aromatic N) is 4. The maximum absolute atomic E-state index is 13.6. The van der Waals surface area contributed by atoms with Gasteiger partial charge < -0.3 is 14.5 Å². The summed E-state index contributed by atoms with van der Waals surface area (Å²) in [7, 11) is 1.59. The Kier molecular flexibility index (Phi) is 5.61. The molecule has 3 aromatic rings. The minimum absolute atomic E-state index is 0.00660. The molecule has 0 N–H and O–H groups in total. The Morgan fingerprint density at radius 3 is 2.50 bits per heavy atom. The zero-order valence-electron chi connectivity index (χ0n) is 17.0. The normalized spacial score (nSPS) is 14.0. The van der Waals surface area contributed by atoms with Gasteiger partial charge in [-0.2, -0.15) is 0 Å². The van der Waals surface area contributed by atoms with Gasteiger partial charge in [0.05, 0.1) is 7.11 Å². The van der Waals surface area contributed by atoms with Gasteiger partial charge in [-0.25, -0.2) is 14.4 Å². The van der Waals surface area contributed by atoms with Crippen LogP contribution in [0.5, 0.6) is 5.75 Å². The van der Waals surface area contributed by atoms with E-state index in [9.17, 15) is 9.18 Å². The average molecular weight is 406 g/mol. The smallest absolute Gasteiger partial charge is 0.254 e. The van der Waals surface area contributed by atoms with Crippen molar-refractivity contribution in [2.24, 2.45) is 0 Å². The molecule has 0 bridgehead atoms. The van der Waals surface area contributed by atoms with E-state index in [0.29, 0.717) is 48.9 Å². The van der Waals surface area contributed by atoms with Gasteiger partial charge >= 0.3 is 0 Å². The molecule has 1 amide bonds. The fraction of sp³-hybridized carbons (Fsp3) is 0.261. The summed E-state index contributed by atoms with van der Waals surface area (Å²) >= 11 is 0. The van der Waals surface area contributed by atoms with Gasteiger partial charge in [0, 0.05) is 49.1 Å². The third kappa shape index (κ3) is 4.25. The van der Waals surface area contributed by atoms with E-state index in [1.807, 2.05) is 30.0 Å². The van der Waals surface area contributed by atoms with E-state index in [-0.39, 0.29) is 11.7 Å². The summed E-state index contributed by atoms with van der Waals surface area (Å²) in [6.07, 6.45) is 0. The van der Waals surface area contributed by atoms with E-state index >= 15 is 0 Å². The minimum atomic E-state index is -0.316. The van der Waals surface area contributed by atoms with Crippen LogP contribution in [0.3, 0.4) is 0 Å². The molecule has 1 aliphatic heterocycles. The van der Waals surface area contributed by atoms with Crippen LogP contribution in [-0.2, 0) is 0 Å². The molecule has 1 fully saturated rings. The second-order valence-electron chi connectivity index (χ2n) is 7.21. The predicted octanol–water partition coefficient (Wildman–Crippen LogP) is 3.56. The molecule has 2 heterocycles. The van der Waals surface area contributed by atoms with Crippen LogP contribution in [0, 0.1) is 12.7 Å². The number of anilines is 1. The number of amides is 1. The molecule has 0 aliphatic carbocycles. The van der Waals surface area contributed by atoms with Crippen molar-refractivity contribution in [3.63, 3.8) is 0 Å². The lowest BCUT2D eigenvalue weighted by Gasteiger charge is -2.35. The summed E-state index contributed by atoms with van der Waals surface area (Å²) in [6, 6.07) is 15.4. The molecule has 0 saturated carbocycles.